The Morgan fingerprint density at radius 3 is 2.93 bits per heavy atom. The van der Waals surface area contributed by atoms with Crippen molar-refractivity contribution in [2.24, 2.45) is 5.10 Å². The van der Waals surface area contributed by atoms with Gasteiger partial charge in [0, 0.05) is 4.47 Å². The number of rotatable bonds is 8. The number of nitrogens with one attached hydrogen (secondary N) is 2. The van der Waals surface area contributed by atoms with E-state index in [9.17, 15) is 4.79 Å². The van der Waals surface area contributed by atoms with E-state index in [1.54, 1.807) is 6.21 Å². The van der Waals surface area contributed by atoms with Gasteiger partial charge in [0.2, 0.25) is 11.1 Å². The Kier molecular flexibility index (Phi) is 7.00. The molecule has 3 rings (SSSR count). The number of aromatic amines is 1. The van der Waals surface area contributed by atoms with Crippen LogP contribution in [0.4, 0.5) is 5.95 Å². The number of aromatic nitrogens is 3. The molecule has 0 atom stereocenters. The number of anilines is 1. The Bertz CT molecular complexity index is 917. The molecule has 2 aromatic carbocycles. The minimum absolute atomic E-state index is 0.130. The first-order valence-electron chi connectivity index (χ1n) is 7.98. The van der Waals surface area contributed by atoms with Crippen molar-refractivity contribution >= 4 is 45.8 Å². The Hall–Kier alpha value is -2.65. The van der Waals surface area contributed by atoms with Crippen LogP contribution in [0.5, 0.6) is 0 Å². The lowest BCUT2D eigenvalue weighted by molar-refractivity contribution is -0.141. The predicted molar refractivity (Wildman–Crippen MR) is 109 cm³/mol. The summed E-state index contributed by atoms with van der Waals surface area (Å²) in [4.78, 5) is 16.0. The van der Waals surface area contributed by atoms with Gasteiger partial charge in [0.25, 0.3) is 0 Å². The molecule has 0 aliphatic carbocycles. The number of halogens is 1. The molecule has 27 heavy (non-hydrogen) atoms. The third-order valence-corrected chi connectivity index (χ3v) is 4.57. The molecule has 0 aliphatic heterocycles. The zero-order valence-electron chi connectivity index (χ0n) is 14.1. The van der Waals surface area contributed by atoms with E-state index in [-0.39, 0.29) is 18.3 Å². The lowest BCUT2D eigenvalue weighted by Crippen LogP contribution is -2.07. The summed E-state index contributed by atoms with van der Waals surface area (Å²) in [5.41, 5.74) is 4.65. The van der Waals surface area contributed by atoms with Crippen molar-refractivity contribution in [3.63, 3.8) is 0 Å². The summed E-state index contributed by atoms with van der Waals surface area (Å²) in [6.07, 6.45) is 1.67. The SMILES string of the molecule is O=C(CSc1n[nH]c(N/N=C\c2cccc(Br)c2)n1)OCc1ccccc1. The number of thioether (sulfide) groups is 1. The fraction of sp³-hybridized carbons (Fsp3) is 0.111. The molecular weight excluding hydrogens is 430 g/mol. The van der Waals surface area contributed by atoms with E-state index in [0.717, 1.165) is 15.6 Å². The molecular formula is C18H16BrN5O2S. The first kappa shape index (κ1) is 19.1. The number of carbonyl (C=O) groups excluding carboxylic acids is 1. The summed E-state index contributed by atoms with van der Waals surface area (Å²) in [6, 6.07) is 17.3. The Labute approximate surface area is 168 Å². The predicted octanol–water partition coefficient (Wildman–Crippen LogP) is 3.85. The van der Waals surface area contributed by atoms with Crippen LogP contribution in [-0.2, 0) is 16.1 Å². The van der Waals surface area contributed by atoms with E-state index < -0.39 is 0 Å². The van der Waals surface area contributed by atoms with Gasteiger partial charge in [-0.2, -0.15) is 10.1 Å². The Morgan fingerprint density at radius 2 is 2.11 bits per heavy atom. The van der Waals surface area contributed by atoms with Gasteiger partial charge >= 0.3 is 5.97 Å². The third-order valence-electron chi connectivity index (χ3n) is 3.26. The van der Waals surface area contributed by atoms with Crippen molar-refractivity contribution in [1.82, 2.24) is 15.2 Å². The minimum Gasteiger partial charge on any atom is -0.460 e. The number of hydrazone groups is 1. The fourth-order valence-corrected chi connectivity index (χ4v) is 3.03. The summed E-state index contributed by atoms with van der Waals surface area (Å²) in [6.45, 7) is 0.255. The van der Waals surface area contributed by atoms with E-state index in [2.05, 4.69) is 41.6 Å². The van der Waals surface area contributed by atoms with Crippen LogP contribution in [0.3, 0.4) is 0 Å². The van der Waals surface area contributed by atoms with Crippen molar-refractivity contribution < 1.29 is 9.53 Å². The highest BCUT2D eigenvalue weighted by Gasteiger charge is 2.08. The van der Waals surface area contributed by atoms with E-state index in [1.165, 1.54) is 11.8 Å². The number of benzene rings is 2. The average molecular weight is 446 g/mol. The van der Waals surface area contributed by atoms with Gasteiger partial charge in [-0.15, -0.1) is 5.10 Å². The highest BCUT2D eigenvalue weighted by Crippen LogP contribution is 2.15. The second-order valence-electron chi connectivity index (χ2n) is 5.33. The number of carbonyl (C=O) groups is 1. The normalized spacial score (nSPS) is 10.9. The summed E-state index contributed by atoms with van der Waals surface area (Å²) in [5, 5.41) is 11.3. The molecule has 0 fully saturated rings. The van der Waals surface area contributed by atoms with Crippen LogP contribution in [0.25, 0.3) is 0 Å². The van der Waals surface area contributed by atoms with Gasteiger partial charge in [-0.05, 0) is 23.3 Å². The number of esters is 1. The average Bonchev–Trinajstić information content (AvgIpc) is 3.13. The highest BCUT2D eigenvalue weighted by molar-refractivity contribution is 9.10. The highest BCUT2D eigenvalue weighted by atomic mass is 79.9. The number of H-pyrrole nitrogens is 1. The summed E-state index contributed by atoms with van der Waals surface area (Å²) in [5.74, 6) is 0.197. The monoisotopic (exact) mass is 445 g/mol. The maximum Gasteiger partial charge on any atom is 0.316 e. The third kappa shape index (κ3) is 6.54. The molecule has 7 nitrogen and oxygen atoms in total. The first-order chi connectivity index (χ1) is 13.2. The van der Waals surface area contributed by atoms with Gasteiger partial charge in [0.1, 0.15) is 6.61 Å². The van der Waals surface area contributed by atoms with Crippen LogP contribution >= 0.6 is 27.7 Å². The molecule has 0 amide bonds. The number of hydrogen-bond donors (Lipinski definition) is 2. The lowest BCUT2D eigenvalue weighted by Gasteiger charge is -2.03. The van der Waals surface area contributed by atoms with Gasteiger partial charge in [-0.25, -0.2) is 10.5 Å². The number of ether oxygens (including phenoxy) is 1. The van der Waals surface area contributed by atoms with Crippen LogP contribution in [0, 0.1) is 0 Å². The standard InChI is InChI=1S/C18H16BrN5O2S/c19-15-8-4-7-14(9-15)10-20-22-17-21-18(24-23-17)27-12-16(25)26-11-13-5-2-1-3-6-13/h1-10H,11-12H2,(H2,21,22,23,24)/b20-10-. The fourth-order valence-electron chi connectivity index (χ4n) is 2.02. The molecule has 1 aromatic heterocycles. The van der Waals surface area contributed by atoms with Crippen LogP contribution in [0.2, 0.25) is 0 Å². The van der Waals surface area contributed by atoms with Gasteiger partial charge in [0.15, 0.2) is 0 Å². The van der Waals surface area contributed by atoms with Gasteiger partial charge < -0.3 is 4.74 Å². The summed E-state index contributed by atoms with van der Waals surface area (Å²) >= 11 is 4.59. The molecule has 0 radical (unpaired) electrons. The van der Waals surface area contributed by atoms with Crippen molar-refractivity contribution in [3.05, 3.63) is 70.2 Å². The van der Waals surface area contributed by atoms with Gasteiger partial charge in [-0.3, -0.25) is 4.79 Å². The molecule has 0 saturated heterocycles. The molecule has 0 saturated carbocycles. The van der Waals surface area contributed by atoms with Crippen molar-refractivity contribution in [2.45, 2.75) is 11.8 Å². The molecule has 0 aliphatic rings. The zero-order chi connectivity index (χ0) is 18.9. The maximum absolute atomic E-state index is 11.8. The smallest absolute Gasteiger partial charge is 0.316 e. The first-order valence-corrected chi connectivity index (χ1v) is 9.76. The maximum atomic E-state index is 11.8. The van der Waals surface area contributed by atoms with Crippen molar-refractivity contribution in [3.8, 4) is 0 Å². The second-order valence-corrected chi connectivity index (χ2v) is 7.18. The van der Waals surface area contributed by atoms with Crippen LogP contribution in [0.15, 0.2) is 69.3 Å². The molecule has 138 valence electrons. The zero-order valence-corrected chi connectivity index (χ0v) is 16.5. The van der Waals surface area contributed by atoms with E-state index in [4.69, 9.17) is 4.74 Å². The van der Waals surface area contributed by atoms with Gasteiger partial charge in [-0.1, -0.05) is 70.2 Å². The largest absolute Gasteiger partial charge is 0.460 e. The topological polar surface area (TPSA) is 92.3 Å². The van der Waals surface area contributed by atoms with Crippen molar-refractivity contribution in [2.75, 3.05) is 11.2 Å². The molecule has 0 spiro atoms. The van der Waals surface area contributed by atoms with Crippen LogP contribution in [0.1, 0.15) is 11.1 Å². The van der Waals surface area contributed by atoms with Gasteiger partial charge in [0.05, 0.1) is 12.0 Å². The van der Waals surface area contributed by atoms with Crippen molar-refractivity contribution in [1.29, 1.82) is 0 Å². The molecule has 3 aromatic rings. The molecule has 1 heterocycles. The van der Waals surface area contributed by atoms with E-state index in [1.807, 2.05) is 54.6 Å². The number of nitrogens with zero attached hydrogens (tertiary/aromatic N) is 3. The van der Waals surface area contributed by atoms with E-state index >= 15 is 0 Å². The summed E-state index contributed by atoms with van der Waals surface area (Å²) in [7, 11) is 0. The Morgan fingerprint density at radius 1 is 1.26 bits per heavy atom. The minimum atomic E-state index is -0.323. The quantitative estimate of drug-likeness (QED) is 0.236. The van der Waals surface area contributed by atoms with Crippen LogP contribution < -0.4 is 5.43 Å². The second kappa shape index (κ2) is 9.89. The lowest BCUT2D eigenvalue weighted by atomic mass is 10.2. The molecule has 2 N–H and O–H groups in total. The van der Waals surface area contributed by atoms with E-state index in [0.29, 0.717) is 11.1 Å². The molecule has 0 unspecified atom stereocenters. The molecule has 0 bridgehead atoms. The summed E-state index contributed by atoms with van der Waals surface area (Å²) < 4.78 is 6.19. The Balaban J connectivity index is 1.41. The molecule has 9 heteroatoms. The number of hydrogen-bond acceptors (Lipinski definition) is 7. The van der Waals surface area contributed by atoms with Crippen LogP contribution in [-0.4, -0.2) is 33.1 Å².